The first-order chi connectivity index (χ1) is 19.5. The zero-order valence-corrected chi connectivity index (χ0v) is 23.6. The van der Waals surface area contributed by atoms with Gasteiger partial charge in [0.1, 0.15) is 0 Å². The van der Waals surface area contributed by atoms with Crippen LogP contribution in [0.5, 0.6) is 0 Å². The number of hydrogen-bond acceptors (Lipinski definition) is 5. The lowest BCUT2D eigenvalue weighted by molar-refractivity contribution is -0.138. The lowest BCUT2D eigenvalue weighted by Gasteiger charge is -2.49. The number of carbonyl (C=O) groups excluding carboxylic acids is 2. The smallest absolute Gasteiger partial charge is 0.255 e. The Hall–Kier alpha value is -2.94. The Labute approximate surface area is 244 Å². The van der Waals surface area contributed by atoms with Crippen LogP contribution in [0.1, 0.15) is 64.7 Å². The highest BCUT2D eigenvalue weighted by Gasteiger charge is 2.49. The van der Waals surface area contributed by atoms with E-state index in [-0.39, 0.29) is 37.1 Å². The second-order valence-electron chi connectivity index (χ2n) is 10.3. The van der Waals surface area contributed by atoms with E-state index in [0.29, 0.717) is 33.3 Å². The molecule has 7 nitrogen and oxygen atoms in total. The number of nitrogens with one attached hydrogen (secondary N) is 2. The monoisotopic (exact) mass is 581 g/mol. The molecule has 3 aromatic rings. The van der Waals surface area contributed by atoms with Crippen LogP contribution >= 0.6 is 23.2 Å². The maximum absolute atomic E-state index is 14.3. The largest absolute Gasteiger partial charge is 0.395 e. The third-order valence-electron chi connectivity index (χ3n) is 7.80. The number of aliphatic hydroxyl groups excluding tert-OH is 1. The maximum Gasteiger partial charge on any atom is 0.255 e. The van der Waals surface area contributed by atoms with Gasteiger partial charge in [-0.2, -0.15) is 0 Å². The Morgan fingerprint density at radius 3 is 2.50 bits per heavy atom. The van der Waals surface area contributed by atoms with Gasteiger partial charge in [0, 0.05) is 34.2 Å². The Morgan fingerprint density at radius 2 is 1.73 bits per heavy atom. The Morgan fingerprint density at radius 1 is 0.975 bits per heavy atom. The van der Waals surface area contributed by atoms with Crippen LogP contribution in [-0.4, -0.2) is 47.1 Å². The topological polar surface area (TPSA) is 90.9 Å². The third-order valence-corrected chi connectivity index (χ3v) is 8.36. The van der Waals surface area contributed by atoms with Crippen molar-refractivity contribution >= 4 is 35.0 Å². The van der Waals surface area contributed by atoms with E-state index in [1.54, 1.807) is 24.3 Å². The highest BCUT2D eigenvalue weighted by molar-refractivity contribution is 6.35. The standard InChI is InChI=1S/C31H33Cl2N3O4/c32-21-14-15-24(25(33)18-21)29-28(30(38)35-40-19-20-8-2-1-3-9-20)22-10-4-5-11-23(22)31(39)36(29)27-13-7-6-12-26(27)34-16-17-37/h1-5,8-11,14-15,18,26-29,34,37H,6-7,12-13,16-17,19H2,(H,35,38)/t26-,27-,28+,29-/m0/s1. The van der Waals surface area contributed by atoms with Crippen LogP contribution in [-0.2, 0) is 16.2 Å². The SMILES string of the molecule is O=C(NOCc1ccccc1)[C@@H]1c2ccccc2C(=O)N([C@H]2CCCC[C@@H]2NCCO)[C@H]1c1ccc(Cl)cc1Cl. The molecule has 0 unspecified atom stereocenters. The predicted octanol–water partition coefficient (Wildman–Crippen LogP) is 5.42. The summed E-state index contributed by atoms with van der Waals surface area (Å²) in [6.07, 6.45) is 3.58. The van der Waals surface area contributed by atoms with E-state index in [4.69, 9.17) is 28.0 Å². The van der Waals surface area contributed by atoms with Crippen LogP contribution in [0.25, 0.3) is 0 Å². The molecule has 40 heavy (non-hydrogen) atoms. The fraction of sp³-hybridized carbons (Fsp3) is 0.355. The van der Waals surface area contributed by atoms with E-state index in [2.05, 4.69) is 10.8 Å². The number of hydrogen-bond donors (Lipinski definition) is 3. The van der Waals surface area contributed by atoms with Gasteiger partial charge in [0.05, 0.1) is 25.2 Å². The summed E-state index contributed by atoms with van der Waals surface area (Å²) < 4.78 is 0. The average Bonchev–Trinajstić information content (AvgIpc) is 2.97. The van der Waals surface area contributed by atoms with E-state index >= 15 is 0 Å². The number of nitrogens with zero attached hydrogens (tertiary/aromatic N) is 1. The van der Waals surface area contributed by atoms with Crippen LogP contribution < -0.4 is 10.8 Å². The van der Waals surface area contributed by atoms with Crippen molar-refractivity contribution in [3.63, 3.8) is 0 Å². The van der Waals surface area contributed by atoms with Crippen molar-refractivity contribution in [1.29, 1.82) is 0 Å². The van der Waals surface area contributed by atoms with Gasteiger partial charge < -0.3 is 15.3 Å². The molecule has 1 aliphatic carbocycles. The number of benzene rings is 3. The minimum atomic E-state index is -0.788. The van der Waals surface area contributed by atoms with Crippen molar-refractivity contribution in [3.05, 3.63) is 105 Å². The highest BCUT2D eigenvalue weighted by atomic mass is 35.5. The molecule has 1 heterocycles. The minimum absolute atomic E-state index is 0.00375. The van der Waals surface area contributed by atoms with E-state index in [1.165, 1.54) is 0 Å². The quantitative estimate of drug-likeness (QED) is 0.294. The second-order valence-corrected chi connectivity index (χ2v) is 11.1. The summed E-state index contributed by atoms with van der Waals surface area (Å²) in [5.41, 5.74) is 5.33. The second kappa shape index (κ2) is 13.1. The fourth-order valence-corrected chi connectivity index (χ4v) is 6.55. The molecule has 1 aliphatic heterocycles. The molecule has 1 fully saturated rings. The summed E-state index contributed by atoms with van der Waals surface area (Å²) in [5.74, 6) is -1.31. The Bertz CT molecular complexity index is 1340. The molecule has 0 radical (unpaired) electrons. The van der Waals surface area contributed by atoms with E-state index in [0.717, 1.165) is 31.2 Å². The fourth-order valence-electron chi connectivity index (χ4n) is 6.03. The predicted molar refractivity (Wildman–Crippen MR) is 155 cm³/mol. The van der Waals surface area contributed by atoms with Crippen LogP contribution in [0.2, 0.25) is 10.0 Å². The molecule has 210 valence electrons. The number of halogens is 2. The molecule has 0 saturated heterocycles. The molecule has 9 heteroatoms. The number of carbonyl (C=O) groups is 2. The molecule has 4 atom stereocenters. The number of amides is 2. The molecular weight excluding hydrogens is 549 g/mol. The van der Waals surface area contributed by atoms with Crippen molar-refractivity contribution in [2.75, 3.05) is 13.2 Å². The zero-order chi connectivity index (χ0) is 28.1. The summed E-state index contributed by atoms with van der Waals surface area (Å²) in [6.45, 7) is 0.616. The Balaban J connectivity index is 1.57. The molecule has 0 bridgehead atoms. The molecule has 2 amide bonds. The number of aliphatic hydroxyl groups is 1. The summed E-state index contributed by atoms with van der Waals surface area (Å²) in [5, 5.41) is 13.8. The number of fused-ring (bicyclic) bond motifs is 1. The van der Waals surface area contributed by atoms with Crippen molar-refractivity contribution < 1.29 is 19.5 Å². The summed E-state index contributed by atoms with van der Waals surface area (Å²) in [4.78, 5) is 35.8. The van der Waals surface area contributed by atoms with Crippen LogP contribution in [0.4, 0.5) is 0 Å². The lowest BCUT2D eigenvalue weighted by Crippen LogP contribution is -2.58. The van der Waals surface area contributed by atoms with E-state index in [1.807, 2.05) is 53.4 Å². The van der Waals surface area contributed by atoms with Gasteiger partial charge in [-0.25, -0.2) is 5.48 Å². The summed E-state index contributed by atoms with van der Waals surface area (Å²) in [6, 6.07) is 21.0. The first-order valence-corrected chi connectivity index (χ1v) is 14.4. The van der Waals surface area contributed by atoms with Crippen molar-refractivity contribution in [2.45, 2.75) is 56.3 Å². The number of rotatable bonds is 9. The minimum Gasteiger partial charge on any atom is -0.395 e. The van der Waals surface area contributed by atoms with Crippen molar-refractivity contribution in [1.82, 2.24) is 15.7 Å². The Kier molecular flexibility index (Phi) is 9.40. The number of hydroxylamine groups is 1. The molecule has 0 aromatic heterocycles. The van der Waals surface area contributed by atoms with Gasteiger partial charge in [-0.15, -0.1) is 0 Å². The summed E-state index contributed by atoms with van der Waals surface area (Å²) >= 11 is 13.0. The van der Waals surface area contributed by atoms with Crippen molar-refractivity contribution in [3.8, 4) is 0 Å². The van der Waals surface area contributed by atoms with Gasteiger partial charge in [0.2, 0.25) is 0 Å². The lowest BCUT2D eigenvalue weighted by atomic mass is 9.76. The van der Waals surface area contributed by atoms with Gasteiger partial charge in [-0.3, -0.25) is 14.4 Å². The van der Waals surface area contributed by atoms with Gasteiger partial charge in [-0.05, 0) is 47.7 Å². The van der Waals surface area contributed by atoms with Crippen molar-refractivity contribution in [2.24, 2.45) is 0 Å². The zero-order valence-electron chi connectivity index (χ0n) is 22.1. The molecule has 0 spiro atoms. The normalized spacial score (nSPS) is 22.6. The third kappa shape index (κ3) is 6.04. The van der Waals surface area contributed by atoms with Crippen LogP contribution in [0.15, 0.2) is 72.8 Å². The molecule has 1 saturated carbocycles. The van der Waals surface area contributed by atoms with E-state index in [9.17, 15) is 14.7 Å². The molecule has 2 aliphatic rings. The van der Waals surface area contributed by atoms with Gasteiger partial charge >= 0.3 is 0 Å². The van der Waals surface area contributed by atoms with Gasteiger partial charge in [0.25, 0.3) is 11.8 Å². The molecule has 3 aromatic carbocycles. The first kappa shape index (κ1) is 28.6. The van der Waals surface area contributed by atoms with Crippen LogP contribution in [0.3, 0.4) is 0 Å². The maximum atomic E-state index is 14.3. The van der Waals surface area contributed by atoms with Gasteiger partial charge in [0.15, 0.2) is 0 Å². The average molecular weight is 583 g/mol. The highest BCUT2D eigenvalue weighted by Crippen LogP contribution is 2.47. The van der Waals surface area contributed by atoms with Crippen LogP contribution in [0, 0.1) is 0 Å². The van der Waals surface area contributed by atoms with E-state index < -0.39 is 12.0 Å². The summed E-state index contributed by atoms with van der Waals surface area (Å²) in [7, 11) is 0. The van der Waals surface area contributed by atoms with Gasteiger partial charge in [-0.1, -0.05) is 90.6 Å². The molecule has 3 N–H and O–H groups in total. The molecular formula is C31H33Cl2N3O4. The molecule has 5 rings (SSSR count). The first-order valence-electron chi connectivity index (χ1n) is 13.7.